The Hall–Kier alpha value is -2.19. The molecule has 7 nitrogen and oxygen atoms in total. The maximum atomic E-state index is 12.7. The second kappa shape index (κ2) is 8.45. The fourth-order valence-corrected chi connectivity index (χ4v) is 4.36. The molecular weight excluding hydrogens is 374 g/mol. The minimum atomic E-state index is -0.226. The Balaban J connectivity index is 1.51. The van der Waals surface area contributed by atoms with Gasteiger partial charge < -0.3 is 10.6 Å². The maximum Gasteiger partial charge on any atom is 0.261 e. The molecule has 0 bridgehead atoms. The number of hydrogen-bond acceptors (Lipinski definition) is 5. The molecule has 0 spiro atoms. The number of nitrogens with zero attached hydrogens (tertiary/aromatic N) is 3. The highest BCUT2D eigenvalue weighted by atomic mass is 32.1. The zero-order valence-corrected chi connectivity index (χ0v) is 18.0. The summed E-state index contributed by atoms with van der Waals surface area (Å²) in [6.45, 7) is 9.35. The van der Waals surface area contributed by atoms with Crippen LogP contribution in [0.5, 0.6) is 0 Å². The molecule has 3 heterocycles. The molecule has 8 heteroatoms. The number of anilines is 1. The molecule has 0 radical (unpaired) electrons. The lowest BCUT2D eigenvalue weighted by atomic mass is 10.0. The Labute approximate surface area is 170 Å². The van der Waals surface area contributed by atoms with E-state index in [1.807, 2.05) is 46.9 Å². The highest BCUT2D eigenvalue weighted by Gasteiger charge is 2.28. The number of nitrogens with one attached hydrogen (secondary N) is 2. The number of likely N-dealkylation sites (tertiary alicyclic amines) is 1. The number of aryl methyl sites for hydroxylation is 3. The van der Waals surface area contributed by atoms with E-state index in [0.717, 1.165) is 52.8 Å². The first-order valence-corrected chi connectivity index (χ1v) is 10.5. The van der Waals surface area contributed by atoms with E-state index in [1.54, 1.807) is 4.68 Å². The molecule has 0 saturated carbocycles. The van der Waals surface area contributed by atoms with Gasteiger partial charge in [-0.2, -0.15) is 5.10 Å². The number of hydrogen-bond donors (Lipinski definition) is 2. The first kappa shape index (κ1) is 20.5. The summed E-state index contributed by atoms with van der Waals surface area (Å²) in [5.41, 5.74) is 2.57. The third-order valence-electron chi connectivity index (χ3n) is 5.51. The predicted molar refractivity (Wildman–Crippen MR) is 112 cm³/mol. The largest absolute Gasteiger partial charge is 0.349 e. The highest BCUT2D eigenvalue weighted by molar-refractivity contribution is 7.13. The monoisotopic (exact) mass is 403 g/mol. The van der Waals surface area contributed by atoms with Crippen LogP contribution in [0.1, 0.15) is 45.7 Å². The highest BCUT2D eigenvalue weighted by Crippen LogP contribution is 2.21. The van der Waals surface area contributed by atoms with Gasteiger partial charge in [0.25, 0.3) is 5.91 Å². The van der Waals surface area contributed by atoms with Crippen LogP contribution in [0.15, 0.2) is 12.1 Å². The predicted octanol–water partition coefficient (Wildman–Crippen LogP) is 2.63. The van der Waals surface area contributed by atoms with Gasteiger partial charge in [0.15, 0.2) is 0 Å². The summed E-state index contributed by atoms with van der Waals surface area (Å²) in [5, 5.41) is 10.5. The van der Waals surface area contributed by atoms with Gasteiger partial charge in [-0.15, -0.1) is 11.3 Å². The van der Waals surface area contributed by atoms with Gasteiger partial charge in [-0.05, 0) is 52.7 Å². The van der Waals surface area contributed by atoms with Crippen molar-refractivity contribution in [1.82, 2.24) is 20.0 Å². The topological polar surface area (TPSA) is 79.3 Å². The quantitative estimate of drug-likeness (QED) is 0.804. The van der Waals surface area contributed by atoms with Crippen molar-refractivity contribution in [2.45, 2.75) is 52.6 Å². The van der Waals surface area contributed by atoms with Crippen molar-refractivity contribution in [3.05, 3.63) is 33.3 Å². The second-order valence-electron chi connectivity index (χ2n) is 7.53. The Morgan fingerprint density at radius 3 is 2.43 bits per heavy atom. The molecule has 0 aliphatic carbocycles. The third-order valence-corrected chi connectivity index (χ3v) is 6.51. The van der Waals surface area contributed by atoms with Gasteiger partial charge in [-0.25, -0.2) is 0 Å². The summed E-state index contributed by atoms with van der Waals surface area (Å²) in [7, 11) is 1.87. The molecule has 1 fully saturated rings. The summed E-state index contributed by atoms with van der Waals surface area (Å²) >= 11 is 1.52. The molecule has 1 aliphatic heterocycles. The third kappa shape index (κ3) is 4.44. The fraction of sp³-hybridized carbons (Fsp3) is 0.550. The van der Waals surface area contributed by atoms with Crippen LogP contribution in [0.4, 0.5) is 5.69 Å². The molecule has 2 aromatic rings. The minimum absolute atomic E-state index is 0.00451. The van der Waals surface area contributed by atoms with Crippen molar-refractivity contribution in [2.75, 3.05) is 18.4 Å². The van der Waals surface area contributed by atoms with Crippen LogP contribution in [-0.2, 0) is 11.8 Å². The molecule has 2 N–H and O–H groups in total. The second-order valence-corrected chi connectivity index (χ2v) is 8.82. The standard InChI is InChI=1S/C20H29N5O2S/c1-12-6-7-17(28-12)20(27)21-16-8-10-25(11-9-16)15(4)19(26)22-18-13(2)23-24(5)14(18)3/h6-7,15-16H,8-11H2,1-5H3,(H,21,27)(H,22,26). The molecular formula is C20H29N5O2S. The number of thiophene rings is 1. The Kier molecular flexibility index (Phi) is 6.20. The Bertz CT molecular complexity index is 864. The summed E-state index contributed by atoms with van der Waals surface area (Å²) in [5.74, 6) is -0.0133. The van der Waals surface area contributed by atoms with Gasteiger partial charge in [0.05, 0.1) is 28.0 Å². The molecule has 1 saturated heterocycles. The van der Waals surface area contributed by atoms with Gasteiger partial charge >= 0.3 is 0 Å². The SMILES string of the molecule is Cc1ccc(C(=O)NC2CCN(C(C)C(=O)Nc3c(C)nn(C)c3C)CC2)s1. The van der Waals surface area contributed by atoms with Crippen LogP contribution in [0.2, 0.25) is 0 Å². The molecule has 0 aromatic carbocycles. The fourth-order valence-electron chi connectivity index (χ4n) is 3.59. The van der Waals surface area contributed by atoms with Crippen molar-refractivity contribution in [3.8, 4) is 0 Å². The molecule has 152 valence electrons. The van der Waals surface area contributed by atoms with E-state index in [9.17, 15) is 9.59 Å². The summed E-state index contributed by atoms with van der Waals surface area (Å²) in [4.78, 5) is 29.1. The van der Waals surface area contributed by atoms with Crippen LogP contribution in [0.3, 0.4) is 0 Å². The molecule has 1 unspecified atom stereocenters. The number of carbonyl (C=O) groups excluding carboxylic acids is 2. The molecule has 2 amide bonds. The first-order chi connectivity index (χ1) is 13.3. The Morgan fingerprint density at radius 2 is 1.89 bits per heavy atom. The molecule has 3 rings (SSSR count). The lowest BCUT2D eigenvalue weighted by Gasteiger charge is -2.35. The first-order valence-electron chi connectivity index (χ1n) is 9.68. The van der Waals surface area contributed by atoms with Gasteiger partial charge in [0, 0.05) is 31.1 Å². The van der Waals surface area contributed by atoms with Crippen molar-refractivity contribution >= 4 is 28.8 Å². The van der Waals surface area contributed by atoms with Crippen LogP contribution >= 0.6 is 11.3 Å². The van der Waals surface area contributed by atoms with Gasteiger partial charge in [0.1, 0.15) is 0 Å². The lowest BCUT2D eigenvalue weighted by molar-refractivity contribution is -0.121. The number of amides is 2. The van der Waals surface area contributed by atoms with Crippen LogP contribution < -0.4 is 10.6 Å². The number of aromatic nitrogens is 2. The van der Waals surface area contributed by atoms with Crippen LogP contribution in [-0.4, -0.2) is 51.7 Å². The van der Waals surface area contributed by atoms with E-state index in [1.165, 1.54) is 11.3 Å². The van der Waals surface area contributed by atoms with Crippen molar-refractivity contribution in [3.63, 3.8) is 0 Å². The molecule has 28 heavy (non-hydrogen) atoms. The van der Waals surface area contributed by atoms with E-state index >= 15 is 0 Å². The lowest BCUT2D eigenvalue weighted by Crippen LogP contribution is -2.50. The van der Waals surface area contributed by atoms with Crippen LogP contribution in [0.25, 0.3) is 0 Å². The summed E-state index contributed by atoms with van der Waals surface area (Å²) in [6.07, 6.45) is 1.69. The number of rotatable bonds is 5. The zero-order valence-electron chi connectivity index (χ0n) is 17.2. The summed E-state index contributed by atoms with van der Waals surface area (Å²) < 4.78 is 1.78. The maximum absolute atomic E-state index is 12.7. The van der Waals surface area contributed by atoms with E-state index < -0.39 is 0 Å². The number of piperidine rings is 1. The van der Waals surface area contributed by atoms with Gasteiger partial charge in [0.2, 0.25) is 5.91 Å². The average Bonchev–Trinajstić information content (AvgIpc) is 3.20. The van der Waals surface area contributed by atoms with E-state index in [-0.39, 0.29) is 23.9 Å². The van der Waals surface area contributed by atoms with Crippen molar-refractivity contribution < 1.29 is 9.59 Å². The number of carbonyl (C=O) groups is 2. The van der Waals surface area contributed by atoms with E-state index in [0.29, 0.717) is 0 Å². The summed E-state index contributed by atoms with van der Waals surface area (Å²) in [6, 6.07) is 3.77. The molecule has 2 aromatic heterocycles. The van der Waals surface area contributed by atoms with Gasteiger partial charge in [-0.1, -0.05) is 0 Å². The van der Waals surface area contributed by atoms with Crippen LogP contribution in [0, 0.1) is 20.8 Å². The molecule has 1 atom stereocenters. The average molecular weight is 404 g/mol. The Morgan fingerprint density at radius 1 is 1.21 bits per heavy atom. The minimum Gasteiger partial charge on any atom is -0.349 e. The van der Waals surface area contributed by atoms with Gasteiger partial charge in [-0.3, -0.25) is 19.2 Å². The van der Waals surface area contributed by atoms with E-state index in [4.69, 9.17) is 0 Å². The molecule has 1 aliphatic rings. The van der Waals surface area contributed by atoms with E-state index in [2.05, 4.69) is 20.6 Å². The van der Waals surface area contributed by atoms with Crippen molar-refractivity contribution in [2.24, 2.45) is 7.05 Å². The zero-order chi connectivity index (χ0) is 20.4. The smallest absolute Gasteiger partial charge is 0.261 e. The van der Waals surface area contributed by atoms with Crippen molar-refractivity contribution in [1.29, 1.82) is 0 Å². The normalized spacial score (nSPS) is 16.8.